The molecule has 9 heteroatoms. The Hall–Kier alpha value is -3.20. The number of aryl methyl sites for hydroxylation is 1. The van der Waals surface area contributed by atoms with Crippen molar-refractivity contribution in [3.63, 3.8) is 0 Å². The zero-order chi connectivity index (χ0) is 20.6. The van der Waals surface area contributed by atoms with Crippen molar-refractivity contribution in [1.82, 2.24) is 15.0 Å². The predicted molar refractivity (Wildman–Crippen MR) is 115 cm³/mol. The van der Waals surface area contributed by atoms with Crippen LogP contribution in [-0.2, 0) is 17.0 Å². The number of anilines is 4. The van der Waals surface area contributed by atoms with Crippen molar-refractivity contribution < 1.29 is 9.18 Å². The molecule has 1 heterocycles. The Bertz CT molecular complexity index is 1000. The summed E-state index contributed by atoms with van der Waals surface area (Å²) in [5, 5.41) is 5.82. The van der Waals surface area contributed by atoms with Crippen LogP contribution in [0.25, 0.3) is 0 Å². The van der Waals surface area contributed by atoms with Crippen molar-refractivity contribution in [3.05, 3.63) is 65.7 Å². The number of nitrogens with zero attached hydrogens (tertiary/aromatic N) is 3. The third-order valence-electron chi connectivity index (χ3n) is 3.92. The number of para-hydroxylation sites is 1. The van der Waals surface area contributed by atoms with Gasteiger partial charge in [0.1, 0.15) is 11.6 Å². The minimum atomic E-state index is -0.402. The summed E-state index contributed by atoms with van der Waals surface area (Å²) >= 11 is 1.33. The molecule has 0 atom stereocenters. The highest BCUT2D eigenvalue weighted by Crippen LogP contribution is 2.20. The Balaban J connectivity index is 1.58. The summed E-state index contributed by atoms with van der Waals surface area (Å²) in [7, 11) is 0. The van der Waals surface area contributed by atoms with E-state index in [9.17, 15) is 9.18 Å². The van der Waals surface area contributed by atoms with Gasteiger partial charge in [-0.05, 0) is 36.2 Å². The quantitative estimate of drug-likeness (QED) is 0.517. The van der Waals surface area contributed by atoms with Gasteiger partial charge in [-0.2, -0.15) is 15.0 Å². The molecular weight excluding hydrogens is 391 g/mol. The number of hydrogen-bond donors (Lipinski definition) is 3. The van der Waals surface area contributed by atoms with Crippen LogP contribution in [0, 0.1) is 5.82 Å². The minimum Gasteiger partial charge on any atom is -0.368 e. The van der Waals surface area contributed by atoms with E-state index in [1.807, 2.05) is 24.3 Å². The van der Waals surface area contributed by atoms with Gasteiger partial charge in [0, 0.05) is 11.4 Å². The number of amides is 1. The number of hydrogen-bond acceptors (Lipinski definition) is 7. The third kappa shape index (κ3) is 6.15. The lowest BCUT2D eigenvalue weighted by Gasteiger charge is -2.10. The molecule has 0 aliphatic heterocycles. The monoisotopic (exact) mass is 412 g/mol. The normalized spacial score (nSPS) is 10.6. The van der Waals surface area contributed by atoms with E-state index in [4.69, 9.17) is 5.73 Å². The van der Waals surface area contributed by atoms with Crippen molar-refractivity contribution >= 4 is 40.9 Å². The van der Waals surface area contributed by atoms with Gasteiger partial charge in [0.2, 0.25) is 17.8 Å². The molecule has 0 unspecified atom stereocenters. The summed E-state index contributed by atoms with van der Waals surface area (Å²) in [5.41, 5.74) is 8.27. The first-order valence-corrected chi connectivity index (χ1v) is 10.2. The number of rotatable bonds is 8. The number of carbonyl (C=O) groups excluding carboxylic acids is 1. The maximum atomic E-state index is 13.2. The Labute approximate surface area is 172 Å². The van der Waals surface area contributed by atoms with Gasteiger partial charge in [0.15, 0.2) is 0 Å². The molecule has 0 radical (unpaired) electrons. The maximum Gasteiger partial charge on any atom is 0.234 e. The minimum absolute atomic E-state index is 0.108. The molecule has 0 aliphatic rings. The van der Waals surface area contributed by atoms with Crippen molar-refractivity contribution in [1.29, 1.82) is 0 Å². The van der Waals surface area contributed by atoms with Crippen LogP contribution < -0.4 is 16.4 Å². The number of thioether (sulfide) groups is 1. The molecule has 0 saturated carbocycles. The van der Waals surface area contributed by atoms with Crippen LogP contribution in [-0.4, -0.2) is 26.6 Å². The van der Waals surface area contributed by atoms with E-state index in [0.717, 1.165) is 17.7 Å². The SMILES string of the molecule is CCc1ccccc1Nc1nc(N)nc(CSCC(=O)Nc2cccc(F)c2)n1. The second kappa shape index (κ2) is 9.83. The summed E-state index contributed by atoms with van der Waals surface area (Å²) in [4.78, 5) is 24.7. The lowest BCUT2D eigenvalue weighted by molar-refractivity contribution is -0.113. The van der Waals surface area contributed by atoms with Crippen LogP contribution in [0.3, 0.4) is 0 Å². The number of aromatic nitrogens is 3. The van der Waals surface area contributed by atoms with Gasteiger partial charge in [0.25, 0.3) is 0 Å². The molecule has 7 nitrogen and oxygen atoms in total. The van der Waals surface area contributed by atoms with Crippen LogP contribution in [0.1, 0.15) is 18.3 Å². The molecule has 0 aliphatic carbocycles. The lowest BCUT2D eigenvalue weighted by atomic mass is 10.1. The van der Waals surface area contributed by atoms with Gasteiger partial charge in [0.05, 0.1) is 11.5 Å². The number of carbonyl (C=O) groups is 1. The molecule has 1 amide bonds. The maximum absolute atomic E-state index is 13.2. The number of nitrogens with two attached hydrogens (primary N) is 1. The fraction of sp³-hybridized carbons (Fsp3) is 0.200. The largest absolute Gasteiger partial charge is 0.368 e. The molecule has 2 aromatic carbocycles. The first kappa shape index (κ1) is 20.5. The van der Waals surface area contributed by atoms with E-state index >= 15 is 0 Å². The van der Waals surface area contributed by atoms with Crippen molar-refractivity contribution in [3.8, 4) is 0 Å². The number of benzene rings is 2. The van der Waals surface area contributed by atoms with Crippen molar-refractivity contribution in [2.45, 2.75) is 19.1 Å². The van der Waals surface area contributed by atoms with E-state index in [0.29, 0.717) is 23.2 Å². The molecule has 3 aromatic rings. The standard InChI is InChI=1S/C20H21FN6OS/c1-2-13-6-3-4-9-16(13)24-20-26-17(25-19(22)27-20)11-29-12-18(28)23-15-8-5-7-14(21)10-15/h3-10H,2,11-12H2,1H3,(H,23,28)(H3,22,24,25,26,27). The van der Waals surface area contributed by atoms with Gasteiger partial charge in [-0.25, -0.2) is 4.39 Å². The molecule has 0 spiro atoms. The first-order valence-electron chi connectivity index (χ1n) is 9.02. The third-order valence-corrected chi connectivity index (χ3v) is 4.85. The topological polar surface area (TPSA) is 106 Å². The van der Waals surface area contributed by atoms with E-state index in [1.165, 1.54) is 30.0 Å². The first-order chi connectivity index (χ1) is 14.0. The summed E-state index contributed by atoms with van der Waals surface area (Å²) in [5.74, 6) is 0.849. The molecule has 150 valence electrons. The number of nitrogen functional groups attached to an aromatic ring is 1. The zero-order valence-corrected chi connectivity index (χ0v) is 16.7. The van der Waals surface area contributed by atoms with Crippen LogP contribution in [0.2, 0.25) is 0 Å². The van der Waals surface area contributed by atoms with Crippen LogP contribution in [0.5, 0.6) is 0 Å². The predicted octanol–water partition coefficient (Wildman–Crippen LogP) is 3.77. The highest BCUT2D eigenvalue weighted by molar-refractivity contribution is 7.99. The van der Waals surface area contributed by atoms with Crippen LogP contribution >= 0.6 is 11.8 Å². The Kier molecular flexibility index (Phi) is 6.96. The highest BCUT2D eigenvalue weighted by Gasteiger charge is 2.09. The summed E-state index contributed by atoms with van der Waals surface area (Å²) < 4.78 is 13.2. The molecule has 0 bridgehead atoms. The smallest absolute Gasteiger partial charge is 0.234 e. The van der Waals surface area contributed by atoms with Gasteiger partial charge >= 0.3 is 0 Å². The highest BCUT2D eigenvalue weighted by atomic mass is 32.2. The summed E-state index contributed by atoms with van der Waals surface area (Å²) in [6, 6.07) is 13.6. The van der Waals surface area contributed by atoms with E-state index in [2.05, 4.69) is 32.5 Å². The molecule has 3 rings (SSSR count). The van der Waals surface area contributed by atoms with Gasteiger partial charge in [-0.3, -0.25) is 4.79 Å². The second-order valence-corrected chi connectivity index (χ2v) is 7.11. The Morgan fingerprint density at radius 1 is 1.14 bits per heavy atom. The molecule has 0 fully saturated rings. The van der Waals surface area contributed by atoms with E-state index in [-0.39, 0.29) is 17.6 Å². The Morgan fingerprint density at radius 3 is 2.76 bits per heavy atom. The fourth-order valence-electron chi connectivity index (χ4n) is 2.63. The van der Waals surface area contributed by atoms with Crippen LogP contribution in [0.4, 0.5) is 27.7 Å². The average molecular weight is 412 g/mol. The van der Waals surface area contributed by atoms with E-state index < -0.39 is 5.82 Å². The summed E-state index contributed by atoms with van der Waals surface area (Å²) in [6.45, 7) is 2.07. The van der Waals surface area contributed by atoms with Crippen molar-refractivity contribution in [2.75, 3.05) is 22.1 Å². The average Bonchev–Trinajstić information content (AvgIpc) is 2.68. The van der Waals surface area contributed by atoms with Crippen LogP contribution in [0.15, 0.2) is 48.5 Å². The molecular formula is C20H21FN6OS. The molecule has 1 aromatic heterocycles. The lowest BCUT2D eigenvalue weighted by Crippen LogP contribution is -2.14. The molecule has 0 saturated heterocycles. The van der Waals surface area contributed by atoms with E-state index in [1.54, 1.807) is 6.07 Å². The molecule has 4 N–H and O–H groups in total. The second-order valence-electron chi connectivity index (χ2n) is 6.12. The van der Waals surface area contributed by atoms with Gasteiger partial charge < -0.3 is 16.4 Å². The fourth-order valence-corrected chi connectivity index (χ4v) is 3.30. The summed E-state index contributed by atoms with van der Waals surface area (Å²) in [6.07, 6.45) is 0.868. The number of halogens is 1. The Morgan fingerprint density at radius 2 is 1.97 bits per heavy atom. The van der Waals surface area contributed by atoms with Crippen molar-refractivity contribution in [2.24, 2.45) is 0 Å². The number of nitrogens with one attached hydrogen (secondary N) is 2. The van der Waals surface area contributed by atoms with Gasteiger partial charge in [-0.15, -0.1) is 11.8 Å². The van der Waals surface area contributed by atoms with Gasteiger partial charge in [-0.1, -0.05) is 31.2 Å². The molecule has 29 heavy (non-hydrogen) atoms. The zero-order valence-electron chi connectivity index (χ0n) is 15.9.